The Bertz CT molecular complexity index is 547. The molecule has 0 radical (unpaired) electrons. The number of rotatable bonds is 6. The van der Waals surface area contributed by atoms with Crippen molar-refractivity contribution >= 4 is 17.5 Å². The highest BCUT2D eigenvalue weighted by Crippen LogP contribution is 2.30. The zero-order chi connectivity index (χ0) is 16.1. The van der Waals surface area contributed by atoms with E-state index in [4.69, 9.17) is 9.47 Å². The van der Waals surface area contributed by atoms with Gasteiger partial charge in [0.2, 0.25) is 11.8 Å². The number of nitrogens with one attached hydrogen (secondary N) is 1. The molecule has 0 aromatic heterocycles. The number of amides is 2. The lowest BCUT2D eigenvalue weighted by Crippen LogP contribution is -2.42. The van der Waals surface area contributed by atoms with E-state index >= 15 is 0 Å². The molecule has 0 bridgehead atoms. The van der Waals surface area contributed by atoms with Crippen LogP contribution in [-0.4, -0.2) is 44.7 Å². The van der Waals surface area contributed by atoms with E-state index in [1.54, 1.807) is 19.1 Å². The zero-order valence-corrected chi connectivity index (χ0v) is 13.2. The number of carbonyl (C=O) groups is 2. The quantitative estimate of drug-likeness (QED) is 0.861. The van der Waals surface area contributed by atoms with Gasteiger partial charge in [0.15, 0.2) is 0 Å². The van der Waals surface area contributed by atoms with Gasteiger partial charge in [-0.25, -0.2) is 0 Å². The smallest absolute Gasteiger partial charge is 0.249 e. The van der Waals surface area contributed by atoms with Gasteiger partial charge in [-0.05, 0) is 25.5 Å². The predicted octanol–water partition coefficient (Wildman–Crippen LogP) is 1.34. The van der Waals surface area contributed by atoms with E-state index in [0.29, 0.717) is 18.7 Å². The highest BCUT2D eigenvalue weighted by Gasteiger charge is 2.34. The Morgan fingerprint density at radius 2 is 2.14 bits per heavy atom. The minimum absolute atomic E-state index is 0.108. The first-order valence-corrected chi connectivity index (χ1v) is 7.33. The first-order valence-electron chi connectivity index (χ1n) is 7.33. The molecule has 1 aromatic rings. The van der Waals surface area contributed by atoms with Crippen LogP contribution in [0.5, 0.6) is 5.75 Å². The summed E-state index contributed by atoms with van der Waals surface area (Å²) in [5.41, 5.74) is 0.733. The van der Waals surface area contributed by atoms with Crippen LogP contribution in [0.1, 0.15) is 19.8 Å². The Labute approximate surface area is 130 Å². The van der Waals surface area contributed by atoms with E-state index in [-0.39, 0.29) is 24.3 Å². The SMILES string of the molecule is COc1ccccc1N1CCC(NC(=O)CC(C)OC)C1=O. The molecule has 1 fully saturated rings. The van der Waals surface area contributed by atoms with Crippen molar-refractivity contribution in [1.82, 2.24) is 5.32 Å². The molecular weight excluding hydrogens is 284 g/mol. The third-order valence-corrected chi connectivity index (χ3v) is 3.79. The second-order valence-electron chi connectivity index (χ2n) is 5.32. The van der Waals surface area contributed by atoms with E-state index in [1.165, 1.54) is 0 Å². The van der Waals surface area contributed by atoms with Crippen molar-refractivity contribution < 1.29 is 19.1 Å². The minimum atomic E-state index is -0.485. The summed E-state index contributed by atoms with van der Waals surface area (Å²) in [6, 6.07) is 6.88. The first kappa shape index (κ1) is 16.3. The van der Waals surface area contributed by atoms with E-state index in [9.17, 15) is 9.59 Å². The number of anilines is 1. The number of hydrogen-bond acceptors (Lipinski definition) is 4. The molecule has 6 nitrogen and oxygen atoms in total. The molecule has 1 saturated heterocycles. The van der Waals surface area contributed by atoms with Gasteiger partial charge in [0.05, 0.1) is 25.3 Å². The fraction of sp³-hybridized carbons (Fsp3) is 0.500. The second kappa shape index (κ2) is 7.26. The van der Waals surface area contributed by atoms with Crippen molar-refractivity contribution in [3.8, 4) is 5.75 Å². The van der Waals surface area contributed by atoms with E-state index in [2.05, 4.69) is 5.32 Å². The number of methoxy groups -OCH3 is 2. The lowest BCUT2D eigenvalue weighted by Gasteiger charge is -2.20. The monoisotopic (exact) mass is 306 g/mol. The number of ether oxygens (including phenoxy) is 2. The lowest BCUT2D eigenvalue weighted by molar-refractivity contribution is -0.127. The molecule has 0 spiro atoms. The van der Waals surface area contributed by atoms with Crippen molar-refractivity contribution in [2.24, 2.45) is 0 Å². The summed E-state index contributed by atoms with van der Waals surface area (Å²) in [5, 5.41) is 2.78. The molecule has 1 aliphatic heterocycles. The molecule has 1 aliphatic rings. The maximum atomic E-state index is 12.5. The van der Waals surface area contributed by atoms with Crippen LogP contribution in [-0.2, 0) is 14.3 Å². The Morgan fingerprint density at radius 3 is 2.82 bits per heavy atom. The fourth-order valence-electron chi connectivity index (χ4n) is 2.50. The summed E-state index contributed by atoms with van der Waals surface area (Å²) in [6.07, 6.45) is 0.667. The second-order valence-corrected chi connectivity index (χ2v) is 5.32. The Kier molecular flexibility index (Phi) is 5.38. The van der Waals surface area contributed by atoms with E-state index in [0.717, 1.165) is 5.69 Å². The summed E-state index contributed by atoms with van der Waals surface area (Å²) in [4.78, 5) is 26.0. The van der Waals surface area contributed by atoms with Gasteiger partial charge in [-0.2, -0.15) is 0 Å². The molecule has 2 rings (SSSR count). The Morgan fingerprint density at radius 1 is 1.41 bits per heavy atom. The number of benzene rings is 1. The normalized spacial score (nSPS) is 19.1. The van der Waals surface area contributed by atoms with Crippen LogP contribution in [0.15, 0.2) is 24.3 Å². The van der Waals surface area contributed by atoms with Crippen LogP contribution in [0.3, 0.4) is 0 Å². The maximum Gasteiger partial charge on any atom is 0.249 e. The summed E-state index contributed by atoms with van der Waals surface area (Å²) in [7, 11) is 3.13. The fourth-order valence-corrected chi connectivity index (χ4v) is 2.50. The van der Waals surface area contributed by atoms with Gasteiger partial charge in [0, 0.05) is 13.7 Å². The first-order chi connectivity index (χ1) is 10.6. The number of carbonyl (C=O) groups excluding carboxylic acids is 2. The van der Waals surface area contributed by atoms with Gasteiger partial charge in [-0.15, -0.1) is 0 Å². The van der Waals surface area contributed by atoms with Gasteiger partial charge >= 0.3 is 0 Å². The molecule has 22 heavy (non-hydrogen) atoms. The predicted molar refractivity (Wildman–Crippen MR) is 83.0 cm³/mol. The van der Waals surface area contributed by atoms with Gasteiger partial charge in [-0.1, -0.05) is 12.1 Å². The summed E-state index contributed by atoms with van der Waals surface area (Å²) >= 11 is 0. The summed E-state index contributed by atoms with van der Waals surface area (Å²) in [6.45, 7) is 2.38. The van der Waals surface area contributed by atoms with Crippen LogP contribution < -0.4 is 15.0 Å². The highest BCUT2D eigenvalue weighted by atomic mass is 16.5. The molecule has 2 amide bonds. The van der Waals surface area contributed by atoms with E-state index in [1.807, 2.05) is 31.2 Å². The standard InChI is InChI=1S/C16H22N2O4/c1-11(21-2)10-15(19)17-12-8-9-18(16(12)20)13-6-4-5-7-14(13)22-3/h4-7,11-12H,8-10H2,1-3H3,(H,17,19). The van der Waals surface area contributed by atoms with Crippen molar-refractivity contribution in [3.05, 3.63) is 24.3 Å². The van der Waals surface area contributed by atoms with Crippen LogP contribution in [0.2, 0.25) is 0 Å². The molecule has 1 heterocycles. The van der Waals surface area contributed by atoms with Crippen LogP contribution >= 0.6 is 0 Å². The molecule has 0 aliphatic carbocycles. The average Bonchev–Trinajstić information content (AvgIpc) is 2.87. The Hall–Kier alpha value is -2.08. The third kappa shape index (κ3) is 3.57. The van der Waals surface area contributed by atoms with Crippen LogP contribution in [0.25, 0.3) is 0 Å². The summed E-state index contributed by atoms with van der Waals surface area (Å²) in [5.74, 6) is 0.369. The van der Waals surface area contributed by atoms with E-state index < -0.39 is 6.04 Å². The van der Waals surface area contributed by atoms with Crippen molar-refractivity contribution in [3.63, 3.8) is 0 Å². The van der Waals surface area contributed by atoms with Crippen LogP contribution in [0.4, 0.5) is 5.69 Å². The molecule has 120 valence electrons. The topological polar surface area (TPSA) is 67.9 Å². The minimum Gasteiger partial charge on any atom is -0.495 e. The number of hydrogen-bond donors (Lipinski definition) is 1. The van der Waals surface area contributed by atoms with Crippen LogP contribution in [0, 0.1) is 0 Å². The van der Waals surface area contributed by atoms with Crippen molar-refractivity contribution in [1.29, 1.82) is 0 Å². The number of nitrogens with zero attached hydrogens (tertiary/aromatic N) is 1. The zero-order valence-electron chi connectivity index (χ0n) is 13.2. The van der Waals surface area contributed by atoms with Gasteiger partial charge in [-0.3, -0.25) is 9.59 Å². The molecule has 6 heteroatoms. The largest absolute Gasteiger partial charge is 0.495 e. The lowest BCUT2D eigenvalue weighted by atomic mass is 10.2. The molecule has 1 aromatic carbocycles. The molecule has 2 unspecified atom stereocenters. The molecule has 2 atom stereocenters. The third-order valence-electron chi connectivity index (χ3n) is 3.79. The van der Waals surface area contributed by atoms with Gasteiger partial charge in [0.25, 0.3) is 0 Å². The molecule has 1 N–H and O–H groups in total. The maximum absolute atomic E-state index is 12.5. The summed E-state index contributed by atoms with van der Waals surface area (Å²) < 4.78 is 10.4. The molecular formula is C16H22N2O4. The van der Waals surface area contributed by atoms with Gasteiger partial charge in [0.1, 0.15) is 11.8 Å². The van der Waals surface area contributed by atoms with Crippen molar-refractivity contribution in [2.45, 2.75) is 31.9 Å². The Balaban J connectivity index is 2.02. The van der Waals surface area contributed by atoms with Gasteiger partial charge < -0.3 is 19.7 Å². The average molecular weight is 306 g/mol. The number of para-hydroxylation sites is 2. The van der Waals surface area contributed by atoms with Crippen molar-refractivity contribution in [2.75, 3.05) is 25.7 Å². The highest BCUT2D eigenvalue weighted by molar-refractivity contribution is 6.02. The molecule has 0 saturated carbocycles.